The molecule has 0 saturated carbocycles. The van der Waals surface area contributed by atoms with Crippen LogP contribution in [0.15, 0.2) is 0 Å². The zero-order valence-corrected chi connectivity index (χ0v) is 22.6. The van der Waals surface area contributed by atoms with E-state index in [0.717, 1.165) is 12.8 Å². The summed E-state index contributed by atoms with van der Waals surface area (Å²) in [5.74, 6) is 0. The first-order chi connectivity index (χ1) is 15.2. The minimum absolute atomic E-state index is 0.0625. The van der Waals surface area contributed by atoms with Crippen LogP contribution in [-0.4, -0.2) is 42.5 Å². The lowest BCUT2D eigenvalue weighted by Gasteiger charge is -2.28. The highest BCUT2D eigenvalue weighted by atomic mass is 31.2. The molecule has 7 nitrogen and oxygen atoms in total. The standard InChI is InChI=1S/C23H48O2.H4O5P2/c1-4-5-6-7-8-9-10-11-12-13-14-15-16-17-18-19-20-22(25)23(2,3)21-24;1-6(2)5-7(3)4/h22,24-25H,4-21H2,1-3H3;1-4H. The first-order valence-electron chi connectivity index (χ1n) is 12.5. The smallest absolute Gasteiger partial charge is 0.334 e. The third-order valence-electron chi connectivity index (χ3n) is 5.79. The first-order valence-corrected chi connectivity index (χ1v) is 14.8. The van der Waals surface area contributed by atoms with Crippen molar-refractivity contribution in [2.24, 2.45) is 5.41 Å². The third-order valence-corrected chi connectivity index (χ3v) is 6.96. The van der Waals surface area contributed by atoms with Crippen LogP contribution in [0.3, 0.4) is 0 Å². The second-order valence-corrected chi connectivity index (χ2v) is 11.0. The van der Waals surface area contributed by atoms with E-state index >= 15 is 0 Å². The van der Waals surface area contributed by atoms with Crippen LogP contribution in [0.4, 0.5) is 0 Å². The molecular weight excluding hydrogens is 450 g/mol. The molecule has 1 atom stereocenters. The minimum atomic E-state index is -2.61. The molecule has 0 aromatic rings. The van der Waals surface area contributed by atoms with Crippen LogP contribution < -0.4 is 0 Å². The van der Waals surface area contributed by atoms with Crippen molar-refractivity contribution in [1.82, 2.24) is 0 Å². The summed E-state index contributed by atoms with van der Waals surface area (Å²) in [5.41, 5.74) is -0.352. The van der Waals surface area contributed by atoms with Crippen molar-refractivity contribution in [2.45, 2.75) is 136 Å². The molecule has 0 aromatic carbocycles. The van der Waals surface area contributed by atoms with Crippen LogP contribution in [0.2, 0.25) is 0 Å². The van der Waals surface area contributed by atoms with E-state index in [9.17, 15) is 10.2 Å². The van der Waals surface area contributed by atoms with E-state index in [-0.39, 0.29) is 18.1 Å². The summed E-state index contributed by atoms with van der Waals surface area (Å²) < 4.78 is 3.60. The van der Waals surface area contributed by atoms with Crippen molar-refractivity contribution >= 4 is 17.2 Å². The summed E-state index contributed by atoms with van der Waals surface area (Å²) in [4.78, 5) is 31.3. The molecular formula is C23H52O7P2. The Labute approximate surface area is 199 Å². The normalized spacial score (nSPS) is 12.8. The third kappa shape index (κ3) is 26.8. The fourth-order valence-corrected chi connectivity index (χ4v) is 3.97. The van der Waals surface area contributed by atoms with Gasteiger partial charge in [-0.3, -0.25) is 0 Å². The van der Waals surface area contributed by atoms with Gasteiger partial charge in [0.15, 0.2) is 0 Å². The highest BCUT2D eigenvalue weighted by molar-refractivity contribution is 7.53. The number of aliphatic hydroxyl groups excluding tert-OH is 2. The molecule has 0 aliphatic heterocycles. The molecule has 32 heavy (non-hydrogen) atoms. The first kappa shape index (κ1) is 34.7. The van der Waals surface area contributed by atoms with Gasteiger partial charge in [-0.2, -0.15) is 0 Å². The van der Waals surface area contributed by atoms with E-state index in [1.54, 1.807) is 0 Å². The van der Waals surface area contributed by atoms with Gasteiger partial charge in [-0.15, -0.1) is 0 Å². The summed E-state index contributed by atoms with van der Waals surface area (Å²) in [6.07, 6.45) is 22.4. The molecule has 0 aliphatic rings. The number of hydrogen-bond acceptors (Lipinski definition) is 7. The van der Waals surface area contributed by atoms with Crippen LogP contribution >= 0.6 is 17.2 Å². The molecule has 0 rings (SSSR count). The van der Waals surface area contributed by atoms with Gasteiger partial charge in [-0.25, -0.2) is 4.31 Å². The Morgan fingerprint density at radius 2 is 0.938 bits per heavy atom. The Bertz CT molecular complexity index is 366. The maximum atomic E-state index is 10.0. The van der Waals surface area contributed by atoms with Crippen LogP contribution in [0.5, 0.6) is 0 Å². The van der Waals surface area contributed by atoms with Gasteiger partial charge in [0.2, 0.25) is 0 Å². The van der Waals surface area contributed by atoms with Crippen molar-refractivity contribution in [2.75, 3.05) is 6.61 Å². The van der Waals surface area contributed by atoms with E-state index in [1.165, 1.54) is 96.3 Å². The van der Waals surface area contributed by atoms with Gasteiger partial charge in [0.25, 0.3) is 0 Å². The van der Waals surface area contributed by atoms with Gasteiger partial charge >= 0.3 is 17.2 Å². The van der Waals surface area contributed by atoms with E-state index in [4.69, 9.17) is 19.6 Å². The van der Waals surface area contributed by atoms with Crippen molar-refractivity contribution in [1.29, 1.82) is 0 Å². The largest absolute Gasteiger partial charge is 0.396 e. The van der Waals surface area contributed by atoms with Crippen LogP contribution in [0.1, 0.15) is 130 Å². The Kier molecular flexibility index (Phi) is 26.8. The average Bonchev–Trinajstić information content (AvgIpc) is 2.72. The van der Waals surface area contributed by atoms with E-state index in [1.807, 2.05) is 13.8 Å². The monoisotopic (exact) mass is 502 g/mol. The van der Waals surface area contributed by atoms with Crippen LogP contribution in [0.25, 0.3) is 0 Å². The van der Waals surface area contributed by atoms with E-state index < -0.39 is 17.2 Å². The molecule has 9 heteroatoms. The summed E-state index contributed by atoms with van der Waals surface area (Å²) in [7, 11) is -5.22. The molecule has 0 saturated heterocycles. The van der Waals surface area contributed by atoms with Crippen LogP contribution in [-0.2, 0) is 4.31 Å². The van der Waals surface area contributed by atoms with Crippen molar-refractivity contribution in [3.63, 3.8) is 0 Å². The van der Waals surface area contributed by atoms with Crippen molar-refractivity contribution in [3.8, 4) is 0 Å². The second-order valence-electron chi connectivity index (χ2n) is 9.34. The molecule has 1 unspecified atom stereocenters. The minimum Gasteiger partial charge on any atom is -0.396 e. The van der Waals surface area contributed by atoms with Gasteiger partial charge in [0.05, 0.1) is 12.7 Å². The molecule has 0 heterocycles. The van der Waals surface area contributed by atoms with Gasteiger partial charge in [0.1, 0.15) is 0 Å². The fraction of sp³-hybridized carbons (Fsp3) is 1.00. The molecule has 0 aliphatic carbocycles. The molecule has 0 spiro atoms. The molecule has 196 valence electrons. The number of rotatable bonds is 21. The van der Waals surface area contributed by atoms with Crippen LogP contribution in [0, 0.1) is 5.41 Å². The molecule has 0 amide bonds. The van der Waals surface area contributed by atoms with Gasteiger partial charge < -0.3 is 29.8 Å². The van der Waals surface area contributed by atoms with Crippen molar-refractivity contribution < 1.29 is 34.1 Å². The summed E-state index contributed by atoms with van der Waals surface area (Å²) >= 11 is 0. The number of hydrogen-bond donors (Lipinski definition) is 6. The summed E-state index contributed by atoms with van der Waals surface area (Å²) in [5, 5.41) is 19.3. The molecule has 0 radical (unpaired) electrons. The zero-order valence-electron chi connectivity index (χ0n) is 20.8. The van der Waals surface area contributed by atoms with Gasteiger partial charge in [0, 0.05) is 5.41 Å². The SMILES string of the molecule is CCCCCCCCCCCCCCCCCCC(O)C(C)(C)CO.OP(O)OP(O)O. The highest BCUT2D eigenvalue weighted by Gasteiger charge is 2.26. The second kappa shape index (κ2) is 24.7. The van der Waals surface area contributed by atoms with E-state index in [0.29, 0.717) is 0 Å². The lowest BCUT2D eigenvalue weighted by molar-refractivity contribution is 0.00142. The maximum Gasteiger partial charge on any atom is 0.334 e. The predicted molar refractivity (Wildman–Crippen MR) is 135 cm³/mol. The summed E-state index contributed by atoms with van der Waals surface area (Å²) in [6.45, 7) is 6.21. The molecule has 0 bridgehead atoms. The molecule has 6 N–H and O–H groups in total. The van der Waals surface area contributed by atoms with E-state index in [2.05, 4.69) is 11.2 Å². The predicted octanol–water partition coefficient (Wildman–Crippen LogP) is 6.44. The Morgan fingerprint density at radius 3 is 1.19 bits per heavy atom. The Balaban J connectivity index is 0. The Hall–Kier alpha value is 0.580. The molecule has 0 aromatic heterocycles. The Morgan fingerprint density at radius 1 is 0.625 bits per heavy atom. The lowest BCUT2D eigenvalue weighted by atomic mass is 9.84. The lowest BCUT2D eigenvalue weighted by Crippen LogP contribution is -2.32. The van der Waals surface area contributed by atoms with Gasteiger partial charge in [-0.1, -0.05) is 124 Å². The number of unbranched alkanes of at least 4 members (excludes halogenated alkanes) is 15. The number of aliphatic hydroxyl groups is 2. The maximum absolute atomic E-state index is 10.0. The zero-order chi connectivity index (χ0) is 24.7. The quantitative estimate of drug-likeness (QED) is 0.0786. The highest BCUT2D eigenvalue weighted by Crippen LogP contribution is 2.41. The fourth-order valence-electron chi connectivity index (χ4n) is 3.45. The topological polar surface area (TPSA) is 131 Å². The van der Waals surface area contributed by atoms with Gasteiger partial charge in [-0.05, 0) is 6.42 Å². The average molecular weight is 503 g/mol. The van der Waals surface area contributed by atoms with Crippen molar-refractivity contribution in [3.05, 3.63) is 0 Å². The molecule has 0 fully saturated rings. The summed E-state index contributed by atoms with van der Waals surface area (Å²) in [6, 6.07) is 0.